The van der Waals surface area contributed by atoms with Crippen LogP contribution in [0.25, 0.3) is 0 Å². The van der Waals surface area contributed by atoms with Gasteiger partial charge in [-0.2, -0.15) is 0 Å². The minimum absolute atomic E-state index is 0.143. The number of alkyl halides is 1. The van der Waals surface area contributed by atoms with Crippen molar-refractivity contribution in [3.05, 3.63) is 35.4 Å². The van der Waals surface area contributed by atoms with E-state index in [1.54, 1.807) is 0 Å². The van der Waals surface area contributed by atoms with Crippen LogP contribution < -0.4 is 0 Å². The monoisotopic (exact) mass is 252 g/mol. The lowest BCUT2D eigenvalue weighted by atomic mass is 9.86. The van der Waals surface area contributed by atoms with E-state index in [1.807, 2.05) is 0 Å². The molecule has 1 heteroatoms. The van der Waals surface area contributed by atoms with Gasteiger partial charge in [-0.3, -0.25) is 0 Å². The molecule has 0 amide bonds. The summed E-state index contributed by atoms with van der Waals surface area (Å²) in [6.07, 6.45) is 2.39. The van der Waals surface area contributed by atoms with Crippen molar-refractivity contribution in [3.8, 4) is 0 Å². The van der Waals surface area contributed by atoms with Crippen molar-refractivity contribution in [2.45, 2.75) is 58.3 Å². The first-order chi connectivity index (χ1) is 7.86. The third kappa shape index (κ3) is 4.03. The molecule has 0 fully saturated rings. The number of benzene rings is 1. The van der Waals surface area contributed by atoms with E-state index in [0.29, 0.717) is 5.92 Å². The van der Waals surface area contributed by atoms with Gasteiger partial charge in [0.05, 0.1) is 5.38 Å². The van der Waals surface area contributed by atoms with Crippen molar-refractivity contribution in [1.29, 1.82) is 0 Å². The largest absolute Gasteiger partial charge is 0.118 e. The average molecular weight is 253 g/mol. The smallest absolute Gasteiger partial charge is 0.0610 e. The van der Waals surface area contributed by atoms with Crippen LogP contribution in [0, 0.1) is 5.92 Å². The van der Waals surface area contributed by atoms with Crippen molar-refractivity contribution in [1.82, 2.24) is 0 Å². The van der Waals surface area contributed by atoms with E-state index >= 15 is 0 Å². The SMILES string of the molecule is CCCC(C)C(Cl)c1ccc(C(C)(C)C)cc1. The minimum atomic E-state index is 0.143. The van der Waals surface area contributed by atoms with E-state index in [-0.39, 0.29) is 10.8 Å². The van der Waals surface area contributed by atoms with Crippen LogP contribution in [0.4, 0.5) is 0 Å². The zero-order valence-electron chi connectivity index (χ0n) is 11.8. The van der Waals surface area contributed by atoms with Crippen LogP contribution in [0.1, 0.15) is 64.0 Å². The maximum atomic E-state index is 6.50. The summed E-state index contributed by atoms with van der Waals surface area (Å²) in [6.45, 7) is 11.2. The average Bonchev–Trinajstić information content (AvgIpc) is 2.27. The molecule has 2 unspecified atom stereocenters. The summed E-state index contributed by atoms with van der Waals surface area (Å²) in [6, 6.07) is 8.79. The molecular formula is C16H25Cl. The Labute approximate surface area is 111 Å². The molecular weight excluding hydrogens is 228 g/mol. The molecule has 0 aromatic heterocycles. The highest BCUT2D eigenvalue weighted by Gasteiger charge is 2.17. The number of halogens is 1. The van der Waals surface area contributed by atoms with E-state index in [0.717, 1.165) is 0 Å². The van der Waals surface area contributed by atoms with Gasteiger partial charge in [0, 0.05) is 0 Å². The highest BCUT2D eigenvalue weighted by Crippen LogP contribution is 2.33. The van der Waals surface area contributed by atoms with Crippen LogP contribution in [0.15, 0.2) is 24.3 Å². The molecule has 0 spiro atoms. The Kier molecular flexibility index (Phi) is 5.06. The first-order valence-corrected chi connectivity index (χ1v) is 7.04. The molecule has 2 atom stereocenters. The third-order valence-corrected chi connectivity index (χ3v) is 4.02. The lowest BCUT2D eigenvalue weighted by molar-refractivity contribution is 0.507. The van der Waals surface area contributed by atoms with Gasteiger partial charge in [0.2, 0.25) is 0 Å². The summed E-state index contributed by atoms with van der Waals surface area (Å²) in [7, 11) is 0. The summed E-state index contributed by atoms with van der Waals surface area (Å²) in [5.41, 5.74) is 2.84. The molecule has 0 heterocycles. The molecule has 0 N–H and O–H groups in total. The van der Waals surface area contributed by atoms with Crippen LogP contribution in [0.5, 0.6) is 0 Å². The van der Waals surface area contributed by atoms with Crippen LogP contribution in [-0.4, -0.2) is 0 Å². The topological polar surface area (TPSA) is 0 Å². The maximum Gasteiger partial charge on any atom is 0.0610 e. The van der Waals surface area contributed by atoms with Gasteiger partial charge in [-0.15, -0.1) is 11.6 Å². The van der Waals surface area contributed by atoms with Gasteiger partial charge >= 0.3 is 0 Å². The lowest BCUT2D eigenvalue weighted by Gasteiger charge is -2.21. The summed E-state index contributed by atoms with van der Waals surface area (Å²) < 4.78 is 0. The highest BCUT2D eigenvalue weighted by molar-refractivity contribution is 6.21. The molecule has 17 heavy (non-hydrogen) atoms. The predicted molar refractivity (Wildman–Crippen MR) is 77.8 cm³/mol. The Morgan fingerprint density at radius 1 is 1.12 bits per heavy atom. The van der Waals surface area contributed by atoms with E-state index in [2.05, 4.69) is 58.9 Å². The third-order valence-electron chi connectivity index (χ3n) is 3.34. The van der Waals surface area contributed by atoms with Crippen molar-refractivity contribution >= 4 is 11.6 Å². The molecule has 0 radical (unpaired) electrons. The van der Waals surface area contributed by atoms with Crippen LogP contribution in [-0.2, 0) is 5.41 Å². The Morgan fingerprint density at radius 3 is 2.06 bits per heavy atom. The molecule has 0 saturated carbocycles. The van der Waals surface area contributed by atoms with Gasteiger partial charge < -0.3 is 0 Å². The fourth-order valence-corrected chi connectivity index (χ4v) is 2.37. The molecule has 0 aliphatic carbocycles. The summed E-state index contributed by atoms with van der Waals surface area (Å²) in [5.74, 6) is 0.544. The number of rotatable bonds is 4. The molecule has 96 valence electrons. The predicted octanol–water partition coefficient (Wildman–Crippen LogP) is 5.70. The first kappa shape index (κ1) is 14.6. The lowest BCUT2D eigenvalue weighted by Crippen LogP contribution is -2.11. The molecule has 1 aromatic carbocycles. The van der Waals surface area contributed by atoms with Crippen LogP contribution >= 0.6 is 11.6 Å². The second kappa shape index (κ2) is 5.91. The molecule has 0 bridgehead atoms. The fourth-order valence-electron chi connectivity index (χ4n) is 2.10. The fraction of sp³-hybridized carbons (Fsp3) is 0.625. The molecule has 0 nitrogen and oxygen atoms in total. The quantitative estimate of drug-likeness (QED) is 0.603. The number of hydrogen-bond donors (Lipinski definition) is 0. The van der Waals surface area contributed by atoms with E-state index in [1.165, 1.54) is 24.0 Å². The van der Waals surface area contributed by atoms with Gasteiger partial charge in [0.1, 0.15) is 0 Å². The Morgan fingerprint density at radius 2 is 1.65 bits per heavy atom. The molecule has 1 rings (SSSR count). The molecule has 0 saturated heterocycles. The Bertz CT molecular complexity index is 332. The second-order valence-corrected chi connectivity index (χ2v) is 6.51. The van der Waals surface area contributed by atoms with Crippen molar-refractivity contribution in [2.75, 3.05) is 0 Å². The zero-order valence-corrected chi connectivity index (χ0v) is 12.5. The van der Waals surface area contributed by atoms with Gasteiger partial charge in [0.15, 0.2) is 0 Å². The number of hydrogen-bond acceptors (Lipinski definition) is 0. The van der Waals surface area contributed by atoms with Crippen LogP contribution in [0.3, 0.4) is 0 Å². The van der Waals surface area contributed by atoms with Gasteiger partial charge in [-0.25, -0.2) is 0 Å². The van der Waals surface area contributed by atoms with Gasteiger partial charge in [-0.1, -0.05) is 65.3 Å². The summed E-state index contributed by atoms with van der Waals surface area (Å²) >= 11 is 6.50. The standard InChI is InChI=1S/C16H25Cl/c1-6-7-12(2)15(17)13-8-10-14(11-9-13)16(3,4)5/h8-12,15H,6-7H2,1-5H3. The minimum Gasteiger partial charge on any atom is -0.118 e. The highest BCUT2D eigenvalue weighted by atomic mass is 35.5. The second-order valence-electron chi connectivity index (χ2n) is 6.04. The maximum absolute atomic E-state index is 6.50. The van der Waals surface area contributed by atoms with E-state index in [9.17, 15) is 0 Å². The Balaban J connectivity index is 2.80. The summed E-state index contributed by atoms with van der Waals surface area (Å²) in [4.78, 5) is 0. The zero-order chi connectivity index (χ0) is 13.1. The Hall–Kier alpha value is -0.490. The summed E-state index contributed by atoms with van der Waals surface area (Å²) in [5, 5.41) is 0.143. The van der Waals surface area contributed by atoms with Crippen molar-refractivity contribution in [2.24, 2.45) is 5.92 Å². The molecule has 1 aromatic rings. The molecule has 0 aliphatic heterocycles. The van der Waals surface area contributed by atoms with Crippen LogP contribution in [0.2, 0.25) is 0 Å². The van der Waals surface area contributed by atoms with E-state index in [4.69, 9.17) is 11.6 Å². The normalized spacial score (nSPS) is 15.6. The van der Waals surface area contributed by atoms with E-state index < -0.39 is 0 Å². The van der Waals surface area contributed by atoms with Crippen molar-refractivity contribution < 1.29 is 0 Å². The van der Waals surface area contributed by atoms with Gasteiger partial charge in [-0.05, 0) is 28.9 Å². The first-order valence-electron chi connectivity index (χ1n) is 6.60. The molecule has 0 aliphatic rings. The van der Waals surface area contributed by atoms with Crippen molar-refractivity contribution in [3.63, 3.8) is 0 Å². The van der Waals surface area contributed by atoms with Gasteiger partial charge in [0.25, 0.3) is 0 Å².